The predicted octanol–water partition coefficient (Wildman–Crippen LogP) is 3.85. The lowest BCUT2D eigenvalue weighted by molar-refractivity contribution is 0.0695. The topological polar surface area (TPSA) is 72.2 Å². The van der Waals surface area contributed by atoms with Crippen LogP contribution in [0.15, 0.2) is 35.3 Å². The Morgan fingerprint density at radius 1 is 1.23 bits per heavy atom. The van der Waals surface area contributed by atoms with Gasteiger partial charge in [0.1, 0.15) is 11.4 Å². The fourth-order valence-corrected chi connectivity index (χ4v) is 3.35. The second-order valence-electron chi connectivity index (χ2n) is 6.75. The van der Waals surface area contributed by atoms with E-state index in [0.29, 0.717) is 22.3 Å². The van der Waals surface area contributed by atoms with E-state index in [9.17, 15) is 19.1 Å². The van der Waals surface area contributed by atoms with Crippen LogP contribution in [-0.4, -0.2) is 20.6 Å². The number of pyridine rings is 2. The number of carboxylic acid groups (broad SMARTS) is 1. The van der Waals surface area contributed by atoms with Crippen molar-refractivity contribution in [1.29, 1.82) is 0 Å². The summed E-state index contributed by atoms with van der Waals surface area (Å²) in [5, 5.41) is 9.39. The van der Waals surface area contributed by atoms with Crippen LogP contribution in [0.4, 0.5) is 4.39 Å². The van der Waals surface area contributed by atoms with E-state index in [1.165, 1.54) is 6.20 Å². The van der Waals surface area contributed by atoms with Gasteiger partial charge in [0.15, 0.2) is 0 Å². The molecule has 0 saturated heterocycles. The standard InChI is InChI=1S/C20H17FN2O3/c1-10-3-6-13(11(2)22-10)14-8-18-15(7-17(14)21)19(24)16(20(25)26)9-23(18)12-4-5-12/h3,6-9,12H,4-5H2,1-2H3,(H,25,26). The van der Waals surface area contributed by atoms with Crippen molar-refractivity contribution in [3.63, 3.8) is 0 Å². The van der Waals surface area contributed by atoms with Gasteiger partial charge in [-0.25, -0.2) is 9.18 Å². The Morgan fingerprint density at radius 2 is 1.96 bits per heavy atom. The molecule has 2 aromatic heterocycles. The molecule has 2 heterocycles. The summed E-state index contributed by atoms with van der Waals surface area (Å²) in [4.78, 5) is 28.3. The Hall–Kier alpha value is -3.02. The molecule has 1 fully saturated rings. The normalized spacial score (nSPS) is 14.0. The molecule has 5 nitrogen and oxygen atoms in total. The monoisotopic (exact) mass is 352 g/mol. The second-order valence-corrected chi connectivity index (χ2v) is 6.75. The highest BCUT2D eigenvalue weighted by atomic mass is 19.1. The number of hydrogen-bond donors (Lipinski definition) is 1. The zero-order valence-electron chi connectivity index (χ0n) is 14.4. The molecular formula is C20H17FN2O3. The Balaban J connectivity index is 2.05. The van der Waals surface area contributed by atoms with Crippen LogP contribution in [-0.2, 0) is 0 Å². The molecule has 0 unspecified atom stereocenters. The zero-order chi connectivity index (χ0) is 18.6. The number of nitrogens with zero attached hydrogens (tertiary/aromatic N) is 2. The van der Waals surface area contributed by atoms with E-state index in [2.05, 4.69) is 4.98 Å². The molecule has 0 atom stereocenters. The van der Waals surface area contributed by atoms with Gasteiger partial charge in [-0.1, -0.05) is 6.07 Å². The lowest BCUT2D eigenvalue weighted by Gasteiger charge is -2.14. The number of carbonyl (C=O) groups is 1. The van der Waals surface area contributed by atoms with Crippen molar-refractivity contribution >= 4 is 16.9 Å². The molecule has 0 amide bonds. The Kier molecular flexibility index (Phi) is 3.64. The van der Waals surface area contributed by atoms with E-state index in [4.69, 9.17) is 0 Å². The van der Waals surface area contributed by atoms with Gasteiger partial charge in [-0.3, -0.25) is 9.78 Å². The molecule has 26 heavy (non-hydrogen) atoms. The third kappa shape index (κ3) is 2.58. The highest BCUT2D eigenvalue weighted by Gasteiger charge is 2.27. The molecule has 3 aromatic rings. The number of aromatic carboxylic acids is 1. The van der Waals surface area contributed by atoms with Crippen LogP contribution in [0.5, 0.6) is 0 Å². The van der Waals surface area contributed by atoms with Crippen molar-refractivity contribution in [2.75, 3.05) is 0 Å². The Bertz CT molecular complexity index is 1130. The summed E-state index contributed by atoms with van der Waals surface area (Å²) in [5.74, 6) is -1.86. The minimum absolute atomic E-state index is 0.0933. The maximum atomic E-state index is 14.8. The minimum Gasteiger partial charge on any atom is -0.477 e. The number of benzene rings is 1. The molecule has 0 spiro atoms. The number of hydrogen-bond acceptors (Lipinski definition) is 3. The third-order valence-corrected chi connectivity index (χ3v) is 4.81. The molecule has 4 rings (SSSR count). The van der Waals surface area contributed by atoms with Crippen LogP contribution in [0.25, 0.3) is 22.0 Å². The molecule has 1 N–H and O–H groups in total. The fourth-order valence-electron chi connectivity index (χ4n) is 3.35. The molecule has 0 bridgehead atoms. The van der Waals surface area contributed by atoms with Crippen molar-refractivity contribution in [2.24, 2.45) is 0 Å². The number of halogens is 1. The first-order valence-corrected chi connectivity index (χ1v) is 8.43. The van der Waals surface area contributed by atoms with Gasteiger partial charge in [-0.15, -0.1) is 0 Å². The molecule has 132 valence electrons. The summed E-state index contributed by atoms with van der Waals surface area (Å²) in [6, 6.07) is 6.56. The molecule has 1 saturated carbocycles. The summed E-state index contributed by atoms with van der Waals surface area (Å²) in [6.07, 6.45) is 3.20. The van der Waals surface area contributed by atoms with E-state index < -0.39 is 17.2 Å². The van der Waals surface area contributed by atoms with Crippen molar-refractivity contribution in [3.05, 3.63) is 63.5 Å². The van der Waals surface area contributed by atoms with E-state index in [1.807, 2.05) is 26.0 Å². The summed E-state index contributed by atoms with van der Waals surface area (Å²) < 4.78 is 16.6. The summed E-state index contributed by atoms with van der Waals surface area (Å²) in [5.41, 5.74) is 2.13. The molecular weight excluding hydrogens is 335 g/mol. The van der Waals surface area contributed by atoms with Crippen LogP contribution < -0.4 is 5.43 Å². The van der Waals surface area contributed by atoms with Gasteiger partial charge in [0.05, 0.1) is 5.52 Å². The lowest BCUT2D eigenvalue weighted by atomic mass is 10.00. The maximum Gasteiger partial charge on any atom is 0.341 e. The largest absolute Gasteiger partial charge is 0.477 e. The molecule has 1 aromatic carbocycles. The second kappa shape index (κ2) is 5.76. The lowest BCUT2D eigenvalue weighted by Crippen LogP contribution is -2.19. The van der Waals surface area contributed by atoms with Gasteiger partial charge in [-0.05, 0) is 44.9 Å². The van der Waals surface area contributed by atoms with Gasteiger partial charge in [0, 0.05) is 40.1 Å². The minimum atomic E-state index is -1.30. The average Bonchev–Trinajstić information content (AvgIpc) is 3.40. The summed E-state index contributed by atoms with van der Waals surface area (Å²) in [6.45, 7) is 3.68. The van der Waals surface area contributed by atoms with Crippen LogP contribution in [0, 0.1) is 19.7 Å². The number of carboxylic acids is 1. The van der Waals surface area contributed by atoms with Crippen molar-refractivity contribution in [3.8, 4) is 11.1 Å². The number of fused-ring (bicyclic) bond motifs is 1. The third-order valence-electron chi connectivity index (χ3n) is 4.81. The average molecular weight is 352 g/mol. The summed E-state index contributed by atoms with van der Waals surface area (Å²) >= 11 is 0. The number of aryl methyl sites for hydroxylation is 2. The quantitative estimate of drug-likeness (QED) is 0.777. The SMILES string of the molecule is Cc1ccc(-c2cc3c(cc2F)c(=O)c(C(=O)O)cn3C2CC2)c(C)n1. The molecule has 0 aliphatic heterocycles. The van der Waals surface area contributed by atoms with E-state index >= 15 is 0 Å². The van der Waals surface area contributed by atoms with Crippen LogP contribution in [0.2, 0.25) is 0 Å². The number of rotatable bonds is 3. The first-order chi connectivity index (χ1) is 12.4. The highest BCUT2D eigenvalue weighted by molar-refractivity contribution is 5.94. The smallest absolute Gasteiger partial charge is 0.341 e. The molecule has 1 aliphatic carbocycles. The van der Waals surface area contributed by atoms with Crippen LogP contribution in [0.1, 0.15) is 40.6 Å². The van der Waals surface area contributed by atoms with E-state index in [-0.39, 0.29) is 17.0 Å². The first kappa shape index (κ1) is 16.4. The zero-order valence-corrected chi connectivity index (χ0v) is 14.4. The van der Waals surface area contributed by atoms with Crippen molar-refractivity contribution < 1.29 is 14.3 Å². The Morgan fingerprint density at radius 3 is 2.58 bits per heavy atom. The van der Waals surface area contributed by atoms with Crippen molar-refractivity contribution in [1.82, 2.24) is 9.55 Å². The van der Waals surface area contributed by atoms with Crippen molar-refractivity contribution in [2.45, 2.75) is 32.7 Å². The van der Waals surface area contributed by atoms with Gasteiger partial charge >= 0.3 is 5.97 Å². The Labute approximate surface area is 148 Å². The van der Waals surface area contributed by atoms with Gasteiger partial charge in [0.2, 0.25) is 5.43 Å². The van der Waals surface area contributed by atoms with Gasteiger partial charge < -0.3 is 9.67 Å². The highest BCUT2D eigenvalue weighted by Crippen LogP contribution is 2.38. The molecule has 0 radical (unpaired) electrons. The van der Waals surface area contributed by atoms with Gasteiger partial charge in [0.25, 0.3) is 0 Å². The first-order valence-electron chi connectivity index (χ1n) is 8.43. The number of aromatic nitrogens is 2. The fraction of sp³-hybridized carbons (Fsp3) is 0.250. The van der Waals surface area contributed by atoms with E-state index in [1.54, 1.807) is 10.6 Å². The van der Waals surface area contributed by atoms with Crippen LogP contribution >= 0.6 is 0 Å². The van der Waals surface area contributed by atoms with Gasteiger partial charge in [-0.2, -0.15) is 0 Å². The summed E-state index contributed by atoms with van der Waals surface area (Å²) in [7, 11) is 0. The van der Waals surface area contributed by atoms with Crippen LogP contribution in [0.3, 0.4) is 0 Å². The molecule has 6 heteroatoms. The predicted molar refractivity (Wildman–Crippen MR) is 96.1 cm³/mol. The molecule has 1 aliphatic rings. The van der Waals surface area contributed by atoms with E-state index in [0.717, 1.165) is 24.6 Å². The maximum absolute atomic E-state index is 14.8.